The molecular weight excluding hydrogens is 359 g/mol. The molecule has 2 aromatic carbocycles. The van der Waals surface area contributed by atoms with Crippen molar-refractivity contribution in [3.8, 4) is 5.69 Å². The molecule has 142 valence electrons. The molecule has 1 aliphatic rings. The first-order valence-electron chi connectivity index (χ1n) is 9.03. The van der Waals surface area contributed by atoms with Gasteiger partial charge in [-0.1, -0.05) is 18.2 Å². The maximum Gasteiger partial charge on any atom is 0.276 e. The Bertz CT molecular complexity index is 1100. The summed E-state index contributed by atoms with van der Waals surface area (Å²) in [6.07, 6.45) is 2.59. The van der Waals surface area contributed by atoms with E-state index in [1.807, 2.05) is 35.9 Å². The average Bonchev–Trinajstić information content (AvgIpc) is 3.26. The average molecular weight is 378 g/mol. The quantitative estimate of drug-likeness (QED) is 0.731. The zero-order valence-electron chi connectivity index (χ0n) is 15.3. The van der Waals surface area contributed by atoms with Crippen LogP contribution in [0.15, 0.2) is 42.5 Å². The van der Waals surface area contributed by atoms with Crippen molar-refractivity contribution in [3.63, 3.8) is 0 Å². The predicted molar refractivity (Wildman–Crippen MR) is 103 cm³/mol. The third-order valence-corrected chi connectivity index (χ3v) is 4.98. The first-order chi connectivity index (χ1) is 13.5. The molecule has 0 bridgehead atoms. The van der Waals surface area contributed by atoms with Gasteiger partial charge in [0.05, 0.1) is 11.3 Å². The van der Waals surface area contributed by atoms with E-state index < -0.39 is 17.6 Å². The number of hydrogen-bond donors (Lipinski definition) is 2. The lowest BCUT2D eigenvalue weighted by Gasteiger charge is -2.08. The van der Waals surface area contributed by atoms with E-state index in [-0.39, 0.29) is 11.3 Å². The number of fused-ring (bicyclic) bond motifs is 1. The number of nitrogens with two attached hydrogens (primary N) is 1. The van der Waals surface area contributed by atoms with E-state index in [4.69, 9.17) is 5.73 Å². The van der Waals surface area contributed by atoms with Gasteiger partial charge in [0.2, 0.25) is 0 Å². The van der Waals surface area contributed by atoms with E-state index in [9.17, 15) is 14.0 Å². The summed E-state index contributed by atoms with van der Waals surface area (Å²) in [4.78, 5) is 24.2. The third-order valence-electron chi connectivity index (χ3n) is 4.98. The highest BCUT2D eigenvalue weighted by Gasteiger charge is 2.27. The van der Waals surface area contributed by atoms with E-state index in [2.05, 4.69) is 10.4 Å². The van der Waals surface area contributed by atoms with Crippen LogP contribution in [-0.2, 0) is 12.8 Å². The number of carbonyl (C=O) groups excluding carboxylic acids is 2. The van der Waals surface area contributed by atoms with Crippen molar-refractivity contribution in [2.75, 3.05) is 5.32 Å². The Morgan fingerprint density at radius 2 is 1.96 bits per heavy atom. The molecule has 1 aromatic heterocycles. The van der Waals surface area contributed by atoms with Crippen LogP contribution in [0.1, 0.15) is 44.1 Å². The van der Waals surface area contributed by atoms with Crippen LogP contribution in [0.25, 0.3) is 5.69 Å². The summed E-state index contributed by atoms with van der Waals surface area (Å²) in [5.74, 6) is -2.01. The lowest BCUT2D eigenvalue weighted by atomic mass is 10.1. The summed E-state index contributed by atoms with van der Waals surface area (Å²) in [6.45, 7) is 2.00. The van der Waals surface area contributed by atoms with Crippen LogP contribution >= 0.6 is 0 Å². The first kappa shape index (κ1) is 17.9. The summed E-state index contributed by atoms with van der Waals surface area (Å²) in [5.41, 5.74) is 9.52. The SMILES string of the molecule is Cc1ccccc1-n1nc(C(=O)Nc2ccc(F)c(C(N)=O)c2)c2c1CCC2. The second-order valence-electron chi connectivity index (χ2n) is 6.84. The minimum absolute atomic E-state index is 0.270. The van der Waals surface area contributed by atoms with Crippen LogP contribution in [0.3, 0.4) is 0 Å². The van der Waals surface area contributed by atoms with E-state index in [1.54, 1.807) is 0 Å². The maximum absolute atomic E-state index is 13.7. The molecule has 0 spiro atoms. The summed E-state index contributed by atoms with van der Waals surface area (Å²) < 4.78 is 15.5. The first-order valence-corrected chi connectivity index (χ1v) is 9.03. The minimum Gasteiger partial charge on any atom is -0.366 e. The number of benzene rings is 2. The van der Waals surface area contributed by atoms with Crippen molar-refractivity contribution in [3.05, 3.63) is 76.4 Å². The van der Waals surface area contributed by atoms with Crippen molar-refractivity contribution in [1.82, 2.24) is 9.78 Å². The Balaban J connectivity index is 1.70. The van der Waals surface area contributed by atoms with E-state index in [0.717, 1.165) is 47.8 Å². The molecule has 0 radical (unpaired) electrons. The molecule has 0 fully saturated rings. The van der Waals surface area contributed by atoms with E-state index in [1.165, 1.54) is 12.1 Å². The molecule has 0 saturated heterocycles. The number of carbonyl (C=O) groups is 2. The fraction of sp³-hybridized carbons (Fsp3) is 0.190. The van der Waals surface area contributed by atoms with Gasteiger partial charge in [0, 0.05) is 16.9 Å². The van der Waals surface area contributed by atoms with Gasteiger partial charge in [0.15, 0.2) is 5.69 Å². The molecule has 28 heavy (non-hydrogen) atoms. The number of aryl methyl sites for hydroxylation is 1. The minimum atomic E-state index is -0.890. The summed E-state index contributed by atoms with van der Waals surface area (Å²) in [5, 5.41) is 7.27. The highest BCUT2D eigenvalue weighted by atomic mass is 19.1. The van der Waals surface area contributed by atoms with Gasteiger partial charge in [-0.25, -0.2) is 9.07 Å². The Kier molecular flexibility index (Phi) is 4.43. The lowest BCUT2D eigenvalue weighted by molar-refractivity contribution is 0.0992. The molecule has 6 nitrogen and oxygen atoms in total. The fourth-order valence-corrected chi connectivity index (χ4v) is 3.60. The summed E-state index contributed by atoms with van der Waals surface area (Å²) in [6, 6.07) is 11.6. The molecule has 0 aliphatic heterocycles. The lowest BCUT2D eigenvalue weighted by Crippen LogP contribution is -2.17. The Morgan fingerprint density at radius 3 is 2.71 bits per heavy atom. The van der Waals surface area contributed by atoms with Gasteiger partial charge >= 0.3 is 0 Å². The third kappa shape index (κ3) is 3.05. The van der Waals surface area contributed by atoms with Crippen molar-refractivity contribution in [2.24, 2.45) is 5.73 Å². The number of halogens is 1. The fourth-order valence-electron chi connectivity index (χ4n) is 3.60. The molecule has 1 heterocycles. The number of rotatable bonds is 4. The van der Waals surface area contributed by atoms with Gasteiger partial charge < -0.3 is 11.1 Å². The largest absolute Gasteiger partial charge is 0.366 e. The van der Waals surface area contributed by atoms with Crippen LogP contribution in [0.2, 0.25) is 0 Å². The number of hydrogen-bond acceptors (Lipinski definition) is 3. The van der Waals surface area contributed by atoms with E-state index >= 15 is 0 Å². The van der Waals surface area contributed by atoms with Crippen LogP contribution in [-0.4, -0.2) is 21.6 Å². The highest BCUT2D eigenvalue weighted by Crippen LogP contribution is 2.29. The van der Waals surface area contributed by atoms with Gasteiger partial charge in [-0.05, 0) is 56.0 Å². The van der Waals surface area contributed by atoms with E-state index in [0.29, 0.717) is 5.69 Å². The van der Waals surface area contributed by atoms with Crippen molar-refractivity contribution < 1.29 is 14.0 Å². The van der Waals surface area contributed by atoms with Gasteiger partial charge in [0.25, 0.3) is 11.8 Å². The monoisotopic (exact) mass is 378 g/mol. The summed E-state index contributed by atoms with van der Waals surface area (Å²) in [7, 11) is 0. The predicted octanol–water partition coefficient (Wildman–Crippen LogP) is 3.16. The molecule has 1 aliphatic carbocycles. The standard InChI is InChI=1S/C21H19FN4O2/c1-12-5-2-3-7-17(12)26-18-8-4-6-14(18)19(25-26)21(28)24-13-9-10-16(22)15(11-13)20(23)27/h2-3,5,7,9-11H,4,6,8H2,1H3,(H2,23,27)(H,24,28). The van der Waals surface area contributed by atoms with Crippen molar-refractivity contribution in [2.45, 2.75) is 26.2 Å². The molecule has 4 rings (SSSR count). The molecular formula is C21H19FN4O2. The highest BCUT2D eigenvalue weighted by molar-refractivity contribution is 6.05. The molecule has 0 saturated carbocycles. The number of amides is 2. The second-order valence-corrected chi connectivity index (χ2v) is 6.84. The molecule has 3 aromatic rings. The number of para-hydroxylation sites is 1. The maximum atomic E-state index is 13.7. The van der Waals surface area contributed by atoms with Crippen molar-refractivity contribution >= 4 is 17.5 Å². The van der Waals surface area contributed by atoms with Gasteiger partial charge in [-0.15, -0.1) is 0 Å². The van der Waals surface area contributed by atoms with Crippen LogP contribution < -0.4 is 11.1 Å². The summed E-state index contributed by atoms with van der Waals surface area (Å²) >= 11 is 0. The van der Waals surface area contributed by atoms with Gasteiger partial charge in [0.1, 0.15) is 5.82 Å². The number of nitrogens with one attached hydrogen (secondary N) is 1. The Morgan fingerprint density at radius 1 is 1.18 bits per heavy atom. The zero-order valence-corrected chi connectivity index (χ0v) is 15.3. The molecule has 3 N–H and O–H groups in total. The Hall–Kier alpha value is -3.48. The zero-order chi connectivity index (χ0) is 19.8. The molecule has 7 heteroatoms. The number of anilines is 1. The van der Waals surface area contributed by atoms with Crippen LogP contribution in [0.4, 0.5) is 10.1 Å². The molecule has 0 unspecified atom stereocenters. The molecule has 2 amide bonds. The normalized spacial score (nSPS) is 12.6. The number of nitrogens with zero attached hydrogens (tertiary/aromatic N) is 2. The topological polar surface area (TPSA) is 90.0 Å². The smallest absolute Gasteiger partial charge is 0.276 e. The van der Waals surface area contributed by atoms with Gasteiger partial charge in [-0.3, -0.25) is 9.59 Å². The van der Waals surface area contributed by atoms with Crippen LogP contribution in [0.5, 0.6) is 0 Å². The Labute approximate surface area is 161 Å². The van der Waals surface area contributed by atoms with Crippen molar-refractivity contribution in [1.29, 1.82) is 0 Å². The second kappa shape index (κ2) is 6.92. The molecule has 0 atom stereocenters. The number of primary amides is 1. The van der Waals surface area contributed by atoms with Crippen LogP contribution in [0, 0.1) is 12.7 Å². The number of aromatic nitrogens is 2. The van der Waals surface area contributed by atoms with Gasteiger partial charge in [-0.2, -0.15) is 5.10 Å².